The van der Waals surface area contributed by atoms with Gasteiger partial charge in [-0.15, -0.1) is 0 Å². The topological polar surface area (TPSA) is 80.3 Å². The maximum Gasteiger partial charge on any atom is 0.287 e. The summed E-state index contributed by atoms with van der Waals surface area (Å²) in [7, 11) is 0. The van der Waals surface area contributed by atoms with E-state index >= 15 is 0 Å². The van der Waals surface area contributed by atoms with E-state index in [2.05, 4.69) is 10.6 Å². The van der Waals surface area contributed by atoms with Crippen molar-refractivity contribution in [2.45, 2.75) is 37.4 Å². The first-order valence-corrected chi connectivity index (χ1v) is 8.21. The van der Waals surface area contributed by atoms with Gasteiger partial charge >= 0.3 is 0 Å². The van der Waals surface area contributed by atoms with Crippen LogP contribution in [-0.2, 0) is 0 Å². The summed E-state index contributed by atoms with van der Waals surface area (Å²) in [5.74, 6) is 0.649. The van der Waals surface area contributed by atoms with E-state index < -0.39 is 0 Å². The third kappa shape index (κ3) is 2.60. The molecule has 0 aliphatic carbocycles. The summed E-state index contributed by atoms with van der Waals surface area (Å²) < 4.78 is 5.69. The van der Waals surface area contributed by atoms with Gasteiger partial charge in [-0.2, -0.15) is 0 Å². The predicted octanol–water partition coefficient (Wildman–Crippen LogP) is 2.80. The quantitative estimate of drug-likeness (QED) is 0.755. The first kappa shape index (κ1) is 14.6. The number of fused-ring (bicyclic) bond motifs is 2. The number of hydrogen-bond acceptors (Lipinski definition) is 4. The Morgan fingerprint density at radius 2 is 2.17 bits per heavy atom. The second kappa shape index (κ2) is 5.58. The van der Waals surface area contributed by atoms with Crippen LogP contribution in [0.5, 0.6) is 0 Å². The number of benzene rings is 1. The van der Waals surface area contributed by atoms with Gasteiger partial charge in [0.1, 0.15) is 5.76 Å². The highest BCUT2D eigenvalue weighted by Crippen LogP contribution is 2.33. The number of carbonyl (C=O) groups is 1. The molecule has 2 fully saturated rings. The molecule has 2 saturated heterocycles. The van der Waals surface area contributed by atoms with E-state index in [1.807, 2.05) is 6.07 Å². The van der Waals surface area contributed by atoms with Crippen LogP contribution in [-0.4, -0.2) is 24.0 Å². The summed E-state index contributed by atoms with van der Waals surface area (Å²) in [6, 6.07) is 9.89. The average molecular weight is 332 g/mol. The van der Waals surface area contributed by atoms with E-state index in [1.54, 1.807) is 24.3 Å². The highest BCUT2D eigenvalue weighted by molar-refractivity contribution is 6.35. The molecule has 2 aliphatic rings. The number of anilines is 1. The Morgan fingerprint density at radius 1 is 1.30 bits per heavy atom. The molecule has 3 atom stereocenters. The minimum atomic E-state index is -0.185. The fraction of sp³-hybridized carbons (Fsp3) is 0.353. The van der Waals surface area contributed by atoms with Crippen molar-refractivity contribution in [3.05, 3.63) is 41.1 Å². The van der Waals surface area contributed by atoms with Crippen LogP contribution in [0.1, 0.15) is 29.8 Å². The molecular weight excluding hydrogens is 314 g/mol. The Balaban J connectivity index is 1.51. The van der Waals surface area contributed by atoms with Gasteiger partial charge < -0.3 is 20.8 Å². The Bertz CT molecular complexity index is 758. The third-order valence-electron chi connectivity index (χ3n) is 4.74. The Labute approximate surface area is 139 Å². The number of amides is 1. The fourth-order valence-corrected chi connectivity index (χ4v) is 3.79. The molecule has 1 aromatic heterocycles. The van der Waals surface area contributed by atoms with Gasteiger partial charge in [0.2, 0.25) is 0 Å². The van der Waals surface area contributed by atoms with Gasteiger partial charge in [0.15, 0.2) is 5.76 Å². The summed E-state index contributed by atoms with van der Waals surface area (Å²) in [6.45, 7) is 0. The van der Waals surface area contributed by atoms with E-state index in [0.29, 0.717) is 39.9 Å². The maximum absolute atomic E-state index is 12.4. The number of nitrogens with one attached hydrogen (secondary N) is 2. The smallest absolute Gasteiger partial charge is 0.287 e. The van der Waals surface area contributed by atoms with Crippen LogP contribution in [0, 0.1) is 0 Å². The number of nitrogen functional groups attached to an aromatic ring is 1. The van der Waals surface area contributed by atoms with E-state index in [-0.39, 0.29) is 11.9 Å². The third-order valence-corrected chi connectivity index (χ3v) is 5.16. The molecule has 2 aliphatic heterocycles. The lowest BCUT2D eigenvalue weighted by Gasteiger charge is -2.20. The summed E-state index contributed by atoms with van der Waals surface area (Å²) in [5.41, 5.74) is 6.98. The van der Waals surface area contributed by atoms with E-state index in [9.17, 15) is 4.79 Å². The fourth-order valence-electron chi connectivity index (χ4n) is 3.57. The van der Waals surface area contributed by atoms with Crippen molar-refractivity contribution >= 4 is 23.2 Å². The van der Waals surface area contributed by atoms with Crippen LogP contribution in [0.15, 0.2) is 34.7 Å². The van der Waals surface area contributed by atoms with E-state index in [0.717, 1.165) is 12.8 Å². The molecule has 1 amide bonds. The first-order valence-electron chi connectivity index (χ1n) is 7.83. The maximum atomic E-state index is 12.4. The number of hydrogen-bond donors (Lipinski definition) is 3. The zero-order valence-corrected chi connectivity index (χ0v) is 13.3. The zero-order chi connectivity index (χ0) is 16.0. The van der Waals surface area contributed by atoms with Crippen molar-refractivity contribution < 1.29 is 9.21 Å². The van der Waals surface area contributed by atoms with Gasteiger partial charge in [0, 0.05) is 23.7 Å². The lowest BCUT2D eigenvalue weighted by molar-refractivity contribution is 0.0903. The van der Waals surface area contributed by atoms with Crippen molar-refractivity contribution in [1.29, 1.82) is 0 Å². The molecule has 1 aromatic carbocycles. The first-order chi connectivity index (χ1) is 11.1. The predicted molar refractivity (Wildman–Crippen MR) is 89.4 cm³/mol. The minimum absolute atomic E-state index is 0.185. The molecule has 2 bridgehead atoms. The van der Waals surface area contributed by atoms with Crippen LogP contribution in [0.4, 0.5) is 5.69 Å². The second-order valence-electron chi connectivity index (χ2n) is 6.24. The SMILES string of the molecule is Nc1cccc(-c2ccc(C(=O)NC3CC4CCC3N4)o2)c1Cl. The van der Waals surface area contributed by atoms with Gasteiger partial charge in [-0.05, 0) is 43.5 Å². The van der Waals surface area contributed by atoms with Crippen LogP contribution >= 0.6 is 11.6 Å². The summed E-state index contributed by atoms with van der Waals surface area (Å²) in [6.07, 6.45) is 3.32. The van der Waals surface area contributed by atoms with Crippen molar-refractivity contribution in [2.75, 3.05) is 5.73 Å². The molecule has 3 unspecified atom stereocenters. The lowest BCUT2D eigenvalue weighted by Crippen LogP contribution is -2.42. The zero-order valence-electron chi connectivity index (χ0n) is 12.5. The van der Waals surface area contributed by atoms with Crippen LogP contribution in [0.25, 0.3) is 11.3 Å². The van der Waals surface area contributed by atoms with Gasteiger partial charge in [-0.3, -0.25) is 4.79 Å². The molecule has 0 saturated carbocycles. The van der Waals surface area contributed by atoms with Crippen LogP contribution < -0.4 is 16.4 Å². The average Bonchev–Trinajstić information content (AvgIpc) is 3.25. The molecule has 2 aromatic rings. The second-order valence-corrected chi connectivity index (χ2v) is 6.61. The van der Waals surface area contributed by atoms with Crippen molar-refractivity contribution in [2.24, 2.45) is 0 Å². The summed E-state index contributed by atoms with van der Waals surface area (Å²) >= 11 is 6.20. The van der Waals surface area contributed by atoms with Gasteiger partial charge in [-0.1, -0.05) is 17.7 Å². The van der Waals surface area contributed by atoms with Gasteiger partial charge in [-0.25, -0.2) is 0 Å². The van der Waals surface area contributed by atoms with Crippen molar-refractivity contribution in [3.8, 4) is 11.3 Å². The highest BCUT2D eigenvalue weighted by Gasteiger charge is 2.39. The lowest BCUT2D eigenvalue weighted by atomic mass is 9.95. The number of furan rings is 1. The molecule has 0 radical (unpaired) electrons. The molecular formula is C17H18ClN3O2. The van der Waals surface area contributed by atoms with E-state index in [1.165, 1.54) is 6.42 Å². The van der Waals surface area contributed by atoms with Gasteiger partial charge in [0.25, 0.3) is 5.91 Å². The molecule has 3 heterocycles. The van der Waals surface area contributed by atoms with Gasteiger partial charge in [0.05, 0.1) is 10.7 Å². The molecule has 120 valence electrons. The number of nitrogens with two attached hydrogens (primary N) is 1. The van der Waals surface area contributed by atoms with Crippen LogP contribution in [0.3, 0.4) is 0 Å². The number of halogens is 1. The normalized spacial score (nSPS) is 25.7. The molecule has 5 nitrogen and oxygen atoms in total. The van der Waals surface area contributed by atoms with Crippen molar-refractivity contribution in [3.63, 3.8) is 0 Å². The number of carbonyl (C=O) groups excluding carboxylic acids is 1. The largest absolute Gasteiger partial charge is 0.451 e. The molecule has 0 spiro atoms. The van der Waals surface area contributed by atoms with E-state index in [4.69, 9.17) is 21.8 Å². The molecule has 4 N–H and O–H groups in total. The summed E-state index contributed by atoms with van der Waals surface area (Å²) in [5, 5.41) is 7.00. The summed E-state index contributed by atoms with van der Waals surface area (Å²) in [4.78, 5) is 12.4. The molecule has 6 heteroatoms. The monoisotopic (exact) mass is 331 g/mol. The Morgan fingerprint density at radius 3 is 2.91 bits per heavy atom. The standard InChI is InChI=1S/C17H18ClN3O2/c18-16-10(2-1-3-11(16)19)14-6-7-15(23-14)17(22)21-13-8-9-4-5-12(13)20-9/h1-3,6-7,9,12-13,20H,4-5,8,19H2,(H,21,22). The molecule has 23 heavy (non-hydrogen) atoms. The Kier molecular flexibility index (Phi) is 3.54. The Hall–Kier alpha value is -1.98. The van der Waals surface area contributed by atoms with Crippen LogP contribution in [0.2, 0.25) is 5.02 Å². The number of rotatable bonds is 3. The van der Waals surface area contributed by atoms with Crippen molar-refractivity contribution in [1.82, 2.24) is 10.6 Å². The minimum Gasteiger partial charge on any atom is -0.451 e. The highest BCUT2D eigenvalue weighted by atomic mass is 35.5. The molecule has 4 rings (SSSR count).